The number of fused-ring (bicyclic) bond motifs is 1. The zero-order valence-electron chi connectivity index (χ0n) is 15.2. The number of allylic oxidation sites excluding steroid dienone is 1. The predicted octanol–water partition coefficient (Wildman–Crippen LogP) is 2.75. The average Bonchev–Trinajstić information content (AvgIpc) is 2.87. The van der Waals surface area contributed by atoms with Gasteiger partial charge in [0.1, 0.15) is 17.1 Å². The van der Waals surface area contributed by atoms with Crippen molar-refractivity contribution in [3.63, 3.8) is 0 Å². The van der Waals surface area contributed by atoms with Crippen molar-refractivity contribution >= 4 is 17.4 Å². The van der Waals surface area contributed by atoms with Crippen LogP contribution in [0.1, 0.15) is 24.1 Å². The summed E-state index contributed by atoms with van der Waals surface area (Å²) in [4.78, 5) is 27.1. The minimum atomic E-state index is -1.18. The predicted molar refractivity (Wildman–Crippen MR) is 101 cm³/mol. The Morgan fingerprint density at radius 3 is 2.64 bits per heavy atom. The second-order valence-electron chi connectivity index (χ2n) is 6.01. The summed E-state index contributed by atoms with van der Waals surface area (Å²) in [6.07, 6.45) is 3.15. The minimum absolute atomic E-state index is 0.0225. The van der Waals surface area contributed by atoms with Crippen LogP contribution >= 0.6 is 0 Å². The van der Waals surface area contributed by atoms with Crippen LogP contribution < -0.4 is 10.6 Å². The topological polar surface area (TPSA) is 127 Å². The normalized spacial score (nSPS) is 16.7. The summed E-state index contributed by atoms with van der Waals surface area (Å²) in [6.45, 7) is 1.62. The first-order valence-corrected chi connectivity index (χ1v) is 8.33. The lowest BCUT2D eigenvalue weighted by Crippen LogP contribution is -2.29. The maximum Gasteiger partial charge on any atom is 0.344 e. The van der Waals surface area contributed by atoms with Crippen molar-refractivity contribution in [1.29, 1.82) is 0 Å². The average molecular weight is 382 g/mol. The van der Waals surface area contributed by atoms with Gasteiger partial charge in [-0.1, -0.05) is 18.2 Å². The van der Waals surface area contributed by atoms with Crippen LogP contribution in [0.15, 0.2) is 65.9 Å². The van der Waals surface area contributed by atoms with Crippen molar-refractivity contribution in [1.82, 2.24) is 10.3 Å². The van der Waals surface area contributed by atoms with Crippen LogP contribution in [0, 0.1) is 10.1 Å². The van der Waals surface area contributed by atoms with E-state index in [2.05, 4.69) is 15.6 Å². The Morgan fingerprint density at radius 1 is 1.29 bits per heavy atom. The zero-order chi connectivity index (χ0) is 20.3. The number of rotatable bonds is 5. The number of nitro groups is 1. The number of anilines is 1. The zero-order valence-corrected chi connectivity index (χ0v) is 15.2. The molecule has 1 aromatic heterocycles. The standard InChI is InChI=1S/C19H18N4O5/c1-11(17(28-2)12-6-5-9-20-10-12)15-18(23(26)27)21-14-8-4-3-7-13(14)16(22-15)19(24)25/h3-10,16,21-22H,1-2H3,(H,24,25)/b17-11-. The van der Waals surface area contributed by atoms with Crippen LogP contribution in [0.2, 0.25) is 0 Å². The van der Waals surface area contributed by atoms with E-state index in [9.17, 15) is 20.0 Å². The van der Waals surface area contributed by atoms with Crippen LogP contribution in [0.5, 0.6) is 0 Å². The summed E-state index contributed by atoms with van der Waals surface area (Å²) in [5.41, 5.74) is 1.73. The number of carbonyl (C=O) groups is 1. The second-order valence-corrected chi connectivity index (χ2v) is 6.01. The molecule has 9 nitrogen and oxygen atoms in total. The molecule has 1 atom stereocenters. The molecule has 0 fully saturated rings. The molecule has 0 aliphatic carbocycles. The second kappa shape index (κ2) is 7.78. The number of nitrogens with one attached hydrogen (secondary N) is 2. The van der Waals surface area contributed by atoms with Crippen molar-refractivity contribution in [3.8, 4) is 0 Å². The molecular formula is C19H18N4O5. The van der Waals surface area contributed by atoms with E-state index >= 15 is 0 Å². The number of benzene rings is 1. The molecule has 9 heteroatoms. The maximum atomic E-state index is 11.9. The Balaban J connectivity index is 2.23. The Kier molecular flexibility index (Phi) is 5.25. The van der Waals surface area contributed by atoms with Gasteiger partial charge in [-0.15, -0.1) is 0 Å². The fraction of sp³-hybridized carbons (Fsp3) is 0.158. The summed E-state index contributed by atoms with van der Waals surface area (Å²) < 4.78 is 5.46. The van der Waals surface area contributed by atoms with Crippen LogP contribution in [-0.2, 0) is 9.53 Å². The number of hydrogen-bond acceptors (Lipinski definition) is 7. The monoisotopic (exact) mass is 382 g/mol. The molecule has 2 aromatic rings. The number of nitrogens with zero attached hydrogens (tertiary/aromatic N) is 2. The molecule has 1 aliphatic rings. The molecule has 2 heterocycles. The van der Waals surface area contributed by atoms with E-state index in [-0.39, 0.29) is 11.5 Å². The van der Waals surface area contributed by atoms with Gasteiger partial charge in [-0.2, -0.15) is 0 Å². The van der Waals surface area contributed by atoms with Gasteiger partial charge in [0, 0.05) is 29.1 Å². The molecule has 3 N–H and O–H groups in total. The van der Waals surface area contributed by atoms with Gasteiger partial charge in [0.15, 0.2) is 6.04 Å². The third-order valence-corrected chi connectivity index (χ3v) is 4.32. The highest BCUT2D eigenvalue weighted by molar-refractivity contribution is 5.81. The summed E-state index contributed by atoms with van der Waals surface area (Å²) in [5, 5.41) is 27.0. The quantitative estimate of drug-likeness (QED) is 0.409. The number of aromatic nitrogens is 1. The van der Waals surface area contributed by atoms with Gasteiger partial charge in [0.2, 0.25) is 0 Å². The summed E-state index contributed by atoms with van der Waals surface area (Å²) >= 11 is 0. The van der Waals surface area contributed by atoms with Crippen LogP contribution in [0.4, 0.5) is 5.69 Å². The number of ether oxygens (including phenoxy) is 1. The highest BCUT2D eigenvalue weighted by Gasteiger charge is 2.34. The van der Waals surface area contributed by atoms with Gasteiger partial charge in [-0.3, -0.25) is 4.98 Å². The van der Waals surface area contributed by atoms with Crippen LogP contribution in [-0.4, -0.2) is 28.1 Å². The Morgan fingerprint density at radius 2 is 2.04 bits per heavy atom. The number of carboxylic acids is 1. The number of methoxy groups -OCH3 is 1. The third-order valence-electron chi connectivity index (χ3n) is 4.32. The molecule has 0 radical (unpaired) electrons. The third kappa shape index (κ3) is 3.50. The van der Waals surface area contributed by atoms with Gasteiger partial charge in [-0.25, -0.2) is 10.1 Å². The fourth-order valence-electron chi connectivity index (χ4n) is 3.06. The van der Waals surface area contributed by atoms with Crippen molar-refractivity contribution < 1.29 is 19.6 Å². The van der Waals surface area contributed by atoms with Gasteiger partial charge >= 0.3 is 11.8 Å². The molecule has 0 amide bonds. The minimum Gasteiger partial charge on any atom is -0.496 e. The van der Waals surface area contributed by atoms with E-state index in [4.69, 9.17) is 4.74 Å². The number of para-hydroxylation sites is 1. The van der Waals surface area contributed by atoms with E-state index in [1.165, 1.54) is 7.11 Å². The number of aliphatic carboxylic acids is 1. The fourth-order valence-corrected chi connectivity index (χ4v) is 3.06. The maximum absolute atomic E-state index is 11.9. The van der Waals surface area contributed by atoms with Crippen molar-refractivity contribution in [3.05, 3.63) is 87.1 Å². The molecule has 28 heavy (non-hydrogen) atoms. The Labute approximate surface area is 160 Å². The van der Waals surface area contributed by atoms with Gasteiger partial charge in [0.25, 0.3) is 0 Å². The smallest absolute Gasteiger partial charge is 0.344 e. The van der Waals surface area contributed by atoms with Crippen LogP contribution in [0.3, 0.4) is 0 Å². The molecule has 0 spiro atoms. The number of carboxylic acid groups (broad SMARTS) is 1. The lowest BCUT2D eigenvalue weighted by Gasteiger charge is -2.18. The van der Waals surface area contributed by atoms with Gasteiger partial charge in [0.05, 0.1) is 7.11 Å². The van der Waals surface area contributed by atoms with Crippen LogP contribution in [0.25, 0.3) is 5.76 Å². The summed E-state index contributed by atoms with van der Waals surface area (Å²) in [5.74, 6) is -1.19. The van der Waals surface area contributed by atoms with E-state index in [0.717, 1.165) is 0 Å². The summed E-state index contributed by atoms with van der Waals surface area (Å²) in [6, 6.07) is 8.82. The first-order valence-electron chi connectivity index (χ1n) is 8.33. The number of pyridine rings is 1. The molecule has 144 valence electrons. The van der Waals surface area contributed by atoms with E-state index in [0.29, 0.717) is 28.1 Å². The molecule has 1 aliphatic heterocycles. The van der Waals surface area contributed by atoms with Crippen molar-refractivity contribution in [2.75, 3.05) is 12.4 Å². The Hall–Kier alpha value is -3.88. The molecule has 0 bridgehead atoms. The molecule has 1 unspecified atom stereocenters. The highest BCUT2D eigenvalue weighted by Crippen LogP contribution is 2.33. The molecular weight excluding hydrogens is 364 g/mol. The summed E-state index contributed by atoms with van der Waals surface area (Å²) in [7, 11) is 1.44. The lowest BCUT2D eigenvalue weighted by molar-refractivity contribution is -0.423. The Bertz CT molecular complexity index is 985. The number of hydrogen-bond donors (Lipinski definition) is 3. The van der Waals surface area contributed by atoms with E-state index in [1.54, 1.807) is 55.7 Å². The lowest BCUT2D eigenvalue weighted by atomic mass is 10.0. The molecule has 0 saturated heterocycles. The van der Waals surface area contributed by atoms with Crippen molar-refractivity contribution in [2.45, 2.75) is 13.0 Å². The molecule has 3 rings (SSSR count). The first kappa shape index (κ1) is 18.9. The first-order chi connectivity index (χ1) is 13.4. The van der Waals surface area contributed by atoms with Gasteiger partial charge < -0.3 is 25.3 Å². The SMILES string of the molecule is CO/C(=C(/C)C1=C([N+](=O)[O-])Nc2ccccc2C(C(=O)O)N1)c1cccnc1. The van der Waals surface area contributed by atoms with E-state index in [1.807, 2.05) is 0 Å². The van der Waals surface area contributed by atoms with Gasteiger partial charge in [-0.05, 0) is 30.0 Å². The van der Waals surface area contributed by atoms with Crippen molar-refractivity contribution in [2.24, 2.45) is 0 Å². The van der Waals surface area contributed by atoms with E-state index < -0.39 is 16.9 Å². The molecule has 1 aromatic carbocycles. The molecule has 0 saturated carbocycles. The largest absolute Gasteiger partial charge is 0.496 e. The highest BCUT2D eigenvalue weighted by atomic mass is 16.6.